The number of rotatable bonds is 4. The first-order chi connectivity index (χ1) is 16.4. The second kappa shape index (κ2) is 8.76. The van der Waals surface area contributed by atoms with Crippen LogP contribution in [0.25, 0.3) is 28.0 Å². The highest BCUT2D eigenvalue weighted by atomic mass is 35.5. The first-order valence-corrected chi connectivity index (χ1v) is 11.7. The molecule has 0 saturated carbocycles. The van der Waals surface area contributed by atoms with E-state index in [1.807, 2.05) is 48.8 Å². The molecule has 5 nitrogen and oxygen atoms in total. The number of nitrogens with zero attached hydrogens (tertiary/aromatic N) is 2. The van der Waals surface area contributed by atoms with E-state index in [1.165, 1.54) is 6.07 Å². The molecule has 0 unspecified atom stereocenters. The second-order valence-corrected chi connectivity index (χ2v) is 8.88. The van der Waals surface area contributed by atoms with E-state index in [0.29, 0.717) is 57.4 Å². The van der Waals surface area contributed by atoms with Gasteiger partial charge < -0.3 is 13.9 Å². The summed E-state index contributed by atoms with van der Waals surface area (Å²) in [6.45, 7) is 6.28. The van der Waals surface area contributed by atoms with Crippen LogP contribution in [0.1, 0.15) is 40.4 Å². The van der Waals surface area contributed by atoms with Gasteiger partial charge in [0.25, 0.3) is 0 Å². The normalized spacial score (nSPS) is 13.0. The maximum absolute atomic E-state index is 15.2. The summed E-state index contributed by atoms with van der Waals surface area (Å²) in [6, 6.07) is 8.87. The summed E-state index contributed by atoms with van der Waals surface area (Å²) in [4.78, 5) is 18.0. The van der Waals surface area contributed by atoms with Crippen LogP contribution in [0.15, 0.2) is 42.7 Å². The maximum Gasteiger partial charge on any atom is 0.339 e. The lowest BCUT2D eigenvalue weighted by atomic mass is 9.89. The molecule has 174 valence electrons. The van der Waals surface area contributed by atoms with E-state index in [1.54, 1.807) is 13.0 Å². The molecule has 0 N–H and O–H groups in total. The Morgan fingerprint density at radius 1 is 1.26 bits per heavy atom. The minimum Gasteiger partial charge on any atom is -0.490 e. The van der Waals surface area contributed by atoms with Crippen LogP contribution < -0.4 is 4.74 Å². The molecule has 5 rings (SSSR count). The van der Waals surface area contributed by atoms with Gasteiger partial charge in [0.2, 0.25) is 0 Å². The molecule has 0 amide bonds. The van der Waals surface area contributed by atoms with E-state index in [2.05, 4.69) is 0 Å². The van der Waals surface area contributed by atoms with E-state index >= 15 is 4.39 Å². The number of ether oxygens (including phenoxy) is 2. The zero-order valence-corrected chi connectivity index (χ0v) is 20.0. The zero-order valence-electron chi connectivity index (χ0n) is 19.2. The molecule has 1 aliphatic heterocycles. The third-order valence-corrected chi connectivity index (χ3v) is 6.47. The third kappa shape index (κ3) is 3.72. The lowest BCUT2D eigenvalue weighted by molar-refractivity contribution is 0.0526. The Bertz CT molecular complexity index is 1440. The monoisotopic (exact) mass is 478 g/mol. The van der Waals surface area contributed by atoms with Gasteiger partial charge in [0.05, 0.1) is 24.5 Å². The average molecular weight is 479 g/mol. The highest BCUT2D eigenvalue weighted by Crippen LogP contribution is 2.41. The molecular formula is C27H24ClFN2O3. The Morgan fingerprint density at radius 2 is 2.09 bits per heavy atom. The highest BCUT2D eigenvalue weighted by molar-refractivity contribution is 6.30. The molecule has 2 aromatic carbocycles. The Kier molecular flexibility index (Phi) is 5.78. The van der Waals surface area contributed by atoms with Crippen molar-refractivity contribution in [1.82, 2.24) is 9.38 Å². The number of hydrogen-bond acceptors (Lipinski definition) is 4. The first kappa shape index (κ1) is 22.4. The average Bonchev–Trinajstić information content (AvgIpc) is 3.24. The molecule has 2 aromatic heterocycles. The fourth-order valence-electron chi connectivity index (χ4n) is 4.68. The smallest absolute Gasteiger partial charge is 0.339 e. The Hall–Kier alpha value is -3.38. The summed E-state index contributed by atoms with van der Waals surface area (Å²) >= 11 is 6.20. The van der Waals surface area contributed by atoms with Crippen molar-refractivity contribution in [3.63, 3.8) is 0 Å². The van der Waals surface area contributed by atoms with E-state index < -0.39 is 11.8 Å². The molecule has 4 aromatic rings. The summed E-state index contributed by atoms with van der Waals surface area (Å²) in [5, 5.41) is 0.603. The Labute approximate surface area is 202 Å². The van der Waals surface area contributed by atoms with Crippen LogP contribution in [0, 0.1) is 19.7 Å². The van der Waals surface area contributed by atoms with E-state index in [9.17, 15) is 4.79 Å². The molecule has 0 fully saturated rings. The van der Waals surface area contributed by atoms with Crippen molar-refractivity contribution >= 4 is 23.2 Å². The summed E-state index contributed by atoms with van der Waals surface area (Å²) in [5.74, 6) is -0.596. The van der Waals surface area contributed by atoms with Crippen LogP contribution in [0.3, 0.4) is 0 Å². The molecule has 0 spiro atoms. The van der Waals surface area contributed by atoms with Crippen molar-refractivity contribution in [2.45, 2.75) is 33.6 Å². The van der Waals surface area contributed by atoms with Gasteiger partial charge in [-0.15, -0.1) is 0 Å². The molecule has 0 atom stereocenters. The Balaban J connectivity index is 1.84. The van der Waals surface area contributed by atoms with Gasteiger partial charge in [-0.3, -0.25) is 0 Å². The van der Waals surface area contributed by atoms with Gasteiger partial charge in [-0.2, -0.15) is 0 Å². The van der Waals surface area contributed by atoms with Crippen LogP contribution in [-0.4, -0.2) is 28.6 Å². The van der Waals surface area contributed by atoms with Gasteiger partial charge in [0.15, 0.2) is 11.6 Å². The van der Waals surface area contributed by atoms with Gasteiger partial charge >= 0.3 is 5.97 Å². The van der Waals surface area contributed by atoms with Gasteiger partial charge in [0.1, 0.15) is 5.65 Å². The third-order valence-electron chi connectivity index (χ3n) is 6.24. The molecule has 3 heterocycles. The predicted molar refractivity (Wildman–Crippen MR) is 130 cm³/mol. The minimum absolute atomic E-state index is 0.233. The molecule has 0 bridgehead atoms. The van der Waals surface area contributed by atoms with Crippen LogP contribution in [0.2, 0.25) is 5.02 Å². The lowest BCUT2D eigenvalue weighted by Gasteiger charge is -2.23. The number of imidazole rings is 1. The quantitative estimate of drug-likeness (QED) is 0.311. The fraction of sp³-hybridized carbons (Fsp3) is 0.259. The SMILES string of the molecule is CCOC(=O)c1c(C)cn2cc(-c3cccc(Cl)c3)nc2c1-c1cc(F)c2c(c1C)CCCO2. The van der Waals surface area contributed by atoms with Crippen LogP contribution in [-0.2, 0) is 11.2 Å². The standard InChI is InChI=1S/C27H24ClFN2O3/c1-4-33-27(32)23-15(2)13-31-14-22(17-7-5-8-18(28)11-17)30-26(31)24(23)20-12-21(29)25-19(16(20)3)9-6-10-34-25/h5,7-8,11-14H,4,6,9-10H2,1-3H3. The molecule has 0 saturated heterocycles. The van der Waals surface area contributed by atoms with Gasteiger partial charge in [0, 0.05) is 34.1 Å². The van der Waals surface area contributed by atoms with E-state index in [-0.39, 0.29) is 6.61 Å². The number of aromatic nitrogens is 2. The lowest BCUT2D eigenvalue weighted by Crippen LogP contribution is -2.14. The number of fused-ring (bicyclic) bond motifs is 2. The van der Waals surface area contributed by atoms with E-state index in [4.69, 9.17) is 26.1 Å². The Morgan fingerprint density at radius 3 is 2.85 bits per heavy atom. The number of halogens is 2. The summed E-state index contributed by atoms with van der Waals surface area (Å²) in [5.41, 5.74) is 6.06. The summed E-state index contributed by atoms with van der Waals surface area (Å²) in [6.07, 6.45) is 5.26. The molecule has 0 radical (unpaired) electrons. The first-order valence-electron chi connectivity index (χ1n) is 11.3. The topological polar surface area (TPSA) is 52.8 Å². The number of benzene rings is 2. The number of pyridine rings is 1. The minimum atomic E-state index is -0.460. The summed E-state index contributed by atoms with van der Waals surface area (Å²) in [7, 11) is 0. The number of esters is 1. The number of carbonyl (C=O) groups excluding carboxylic acids is 1. The second-order valence-electron chi connectivity index (χ2n) is 8.44. The summed E-state index contributed by atoms with van der Waals surface area (Å²) < 4.78 is 28.1. The molecule has 34 heavy (non-hydrogen) atoms. The predicted octanol–water partition coefficient (Wildman–Crippen LogP) is 6.58. The fourth-order valence-corrected chi connectivity index (χ4v) is 4.88. The van der Waals surface area contributed by atoms with Crippen molar-refractivity contribution in [2.24, 2.45) is 0 Å². The maximum atomic E-state index is 15.2. The largest absolute Gasteiger partial charge is 0.490 e. The van der Waals surface area contributed by atoms with Crippen molar-refractivity contribution < 1.29 is 18.7 Å². The van der Waals surface area contributed by atoms with Crippen LogP contribution >= 0.6 is 11.6 Å². The van der Waals surface area contributed by atoms with Gasteiger partial charge in [-0.1, -0.05) is 23.7 Å². The highest BCUT2D eigenvalue weighted by Gasteiger charge is 2.27. The molecule has 0 aliphatic carbocycles. The zero-order chi connectivity index (χ0) is 24.0. The van der Waals surface area contributed by atoms with Gasteiger partial charge in [-0.05, 0) is 68.5 Å². The number of aryl methyl sites for hydroxylation is 1. The number of hydrogen-bond donors (Lipinski definition) is 0. The number of carbonyl (C=O) groups is 1. The van der Waals surface area contributed by atoms with E-state index in [0.717, 1.165) is 23.1 Å². The molecular weight excluding hydrogens is 455 g/mol. The van der Waals surface area contributed by atoms with Crippen LogP contribution in [0.4, 0.5) is 4.39 Å². The molecule has 1 aliphatic rings. The van der Waals surface area contributed by atoms with Crippen LogP contribution in [0.5, 0.6) is 5.75 Å². The molecule has 7 heteroatoms. The van der Waals surface area contributed by atoms with Crippen molar-refractivity contribution in [1.29, 1.82) is 0 Å². The van der Waals surface area contributed by atoms with Gasteiger partial charge in [-0.25, -0.2) is 14.2 Å². The van der Waals surface area contributed by atoms with Crippen molar-refractivity contribution in [3.8, 4) is 28.1 Å². The van der Waals surface area contributed by atoms with Crippen molar-refractivity contribution in [3.05, 3.63) is 75.8 Å². The van der Waals surface area contributed by atoms with Crippen molar-refractivity contribution in [2.75, 3.05) is 13.2 Å².